The molecule has 0 heterocycles. The van der Waals surface area contributed by atoms with Crippen molar-refractivity contribution in [2.24, 2.45) is 0 Å². The van der Waals surface area contributed by atoms with Crippen LogP contribution in [0.2, 0.25) is 0 Å². The van der Waals surface area contributed by atoms with E-state index < -0.39 is 12.6 Å². The van der Waals surface area contributed by atoms with Gasteiger partial charge >= 0.3 is 5.97 Å². The largest absolute Gasteiger partial charge is 0.507 e. The maximum Gasteiger partial charge on any atom is 0.342 e. The number of Topliss-reactive ketones (excluding diaryl/α,β-unsaturated/α-hetero) is 1. The molecule has 1 N–H and O–H groups in total. The van der Waals surface area contributed by atoms with Crippen LogP contribution in [0, 0.1) is 6.92 Å². The Bertz CT molecular complexity index is 755. The Morgan fingerprint density at radius 1 is 1.22 bits per heavy atom. The molecule has 0 aliphatic heterocycles. The van der Waals surface area contributed by atoms with Crippen LogP contribution in [0.5, 0.6) is 11.5 Å². The number of rotatable bonds is 5. The lowest BCUT2D eigenvalue weighted by molar-refractivity contribution is 0.0471. The maximum absolute atomic E-state index is 12.1. The summed E-state index contributed by atoms with van der Waals surface area (Å²) >= 11 is 3.29. The van der Waals surface area contributed by atoms with Crippen molar-refractivity contribution in [3.8, 4) is 11.5 Å². The lowest BCUT2D eigenvalue weighted by Gasteiger charge is -2.08. The number of halogens is 1. The quantitative estimate of drug-likeness (QED) is 0.636. The van der Waals surface area contributed by atoms with Crippen LogP contribution in [0.15, 0.2) is 40.9 Å². The van der Waals surface area contributed by atoms with Crippen molar-refractivity contribution < 1.29 is 24.2 Å². The third kappa shape index (κ3) is 3.90. The molecule has 0 aliphatic rings. The van der Waals surface area contributed by atoms with Gasteiger partial charge in [0.15, 0.2) is 12.4 Å². The van der Waals surface area contributed by atoms with Crippen molar-refractivity contribution in [2.75, 3.05) is 13.7 Å². The molecule has 120 valence electrons. The SMILES string of the molecule is COc1ccc(C(=O)COC(=O)c2cccc(C)c2O)cc1Br. The topological polar surface area (TPSA) is 72.8 Å². The first kappa shape index (κ1) is 17.0. The van der Waals surface area contributed by atoms with Crippen LogP contribution in [-0.2, 0) is 4.74 Å². The third-order valence-corrected chi connectivity index (χ3v) is 3.89. The molecular weight excluding hydrogens is 364 g/mol. The third-order valence-electron chi connectivity index (χ3n) is 3.27. The second-order valence-corrected chi connectivity index (χ2v) is 5.67. The Hall–Kier alpha value is -2.34. The summed E-state index contributed by atoms with van der Waals surface area (Å²) in [6.45, 7) is 1.26. The van der Waals surface area contributed by atoms with Crippen molar-refractivity contribution in [2.45, 2.75) is 6.92 Å². The average molecular weight is 379 g/mol. The number of aryl methyl sites for hydroxylation is 1. The number of methoxy groups -OCH3 is 1. The summed E-state index contributed by atoms with van der Waals surface area (Å²) in [5.74, 6) is -0.638. The van der Waals surface area contributed by atoms with Crippen LogP contribution in [0.3, 0.4) is 0 Å². The van der Waals surface area contributed by atoms with E-state index in [0.717, 1.165) is 0 Å². The average Bonchev–Trinajstić information content (AvgIpc) is 2.54. The van der Waals surface area contributed by atoms with Crippen LogP contribution >= 0.6 is 15.9 Å². The van der Waals surface area contributed by atoms with Gasteiger partial charge in [-0.2, -0.15) is 0 Å². The number of carbonyl (C=O) groups excluding carboxylic acids is 2. The van der Waals surface area contributed by atoms with Gasteiger partial charge < -0.3 is 14.6 Å². The summed E-state index contributed by atoms with van der Waals surface area (Å²) in [5.41, 5.74) is 0.984. The first-order chi connectivity index (χ1) is 10.9. The van der Waals surface area contributed by atoms with Gasteiger partial charge in [-0.1, -0.05) is 12.1 Å². The van der Waals surface area contributed by atoms with Crippen molar-refractivity contribution >= 4 is 27.7 Å². The van der Waals surface area contributed by atoms with E-state index in [1.54, 1.807) is 37.3 Å². The number of hydrogen-bond acceptors (Lipinski definition) is 5. The maximum atomic E-state index is 12.1. The van der Waals surface area contributed by atoms with Gasteiger partial charge in [-0.15, -0.1) is 0 Å². The highest BCUT2D eigenvalue weighted by Gasteiger charge is 2.16. The molecule has 0 amide bonds. The lowest BCUT2D eigenvalue weighted by atomic mass is 10.1. The zero-order valence-electron chi connectivity index (χ0n) is 12.6. The summed E-state index contributed by atoms with van der Waals surface area (Å²) in [5, 5.41) is 9.84. The monoisotopic (exact) mass is 378 g/mol. The summed E-state index contributed by atoms with van der Waals surface area (Å²) in [6.07, 6.45) is 0. The molecule has 0 saturated heterocycles. The number of carbonyl (C=O) groups is 2. The molecular formula is C17H15BrO5. The molecule has 0 aromatic heterocycles. The van der Waals surface area contributed by atoms with E-state index >= 15 is 0 Å². The molecule has 2 rings (SSSR count). The second kappa shape index (κ2) is 7.28. The van der Waals surface area contributed by atoms with Crippen LogP contribution in [-0.4, -0.2) is 30.6 Å². The number of esters is 1. The van der Waals surface area contributed by atoms with Crippen molar-refractivity contribution in [3.63, 3.8) is 0 Å². The molecule has 0 fully saturated rings. The molecule has 0 spiro atoms. The van der Waals surface area contributed by atoms with Crippen molar-refractivity contribution in [1.82, 2.24) is 0 Å². The minimum atomic E-state index is -0.743. The second-order valence-electron chi connectivity index (χ2n) is 4.82. The van der Waals surface area contributed by atoms with Crippen molar-refractivity contribution in [3.05, 3.63) is 57.6 Å². The van der Waals surface area contributed by atoms with Crippen molar-refractivity contribution in [1.29, 1.82) is 0 Å². The molecule has 0 radical (unpaired) electrons. The van der Waals surface area contributed by atoms with Gasteiger partial charge in [-0.05, 0) is 52.7 Å². The highest BCUT2D eigenvalue weighted by Crippen LogP contribution is 2.26. The lowest BCUT2D eigenvalue weighted by Crippen LogP contribution is -2.14. The fraction of sp³-hybridized carbons (Fsp3) is 0.176. The van der Waals surface area contributed by atoms with Gasteiger partial charge in [0.2, 0.25) is 0 Å². The molecule has 2 aromatic rings. The molecule has 0 bridgehead atoms. The Morgan fingerprint density at radius 3 is 2.61 bits per heavy atom. The number of phenolic OH excluding ortho intramolecular Hbond substituents is 1. The number of para-hydroxylation sites is 1. The first-order valence-electron chi connectivity index (χ1n) is 6.76. The Morgan fingerprint density at radius 2 is 1.96 bits per heavy atom. The van der Waals surface area contributed by atoms with E-state index in [4.69, 9.17) is 9.47 Å². The minimum Gasteiger partial charge on any atom is -0.507 e. The van der Waals surface area contributed by atoms with E-state index in [0.29, 0.717) is 21.3 Å². The van der Waals surface area contributed by atoms with Crippen LogP contribution in [0.4, 0.5) is 0 Å². The summed E-state index contributed by atoms with van der Waals surface area (Å²) in [6, 6.07) is 9.58. The number of ketones is 1. The number of benzene rings is 2. The van der Waals surface area contributed by atoms with Gasteiger partial charge in [-0.25, -0.2) is 4.79 Å². The van der Waals surface area contributed by atoms with E-state index in [1.165, 1.54) is 13.2 Å². The molecule has 2 aromatic carbocycles. The zero-order chi connectivity index (χ0) is 17.0. The predicted octanol–water partition coefficient (Wildman–Crippen LogP) is 3.51. The molecule has 23 heavy (non-hydrogen) atoms. The fourth-order valence-electron chi connectivity index (χ4n) is 1.96. The van der Waals surface area contributed by atoms with Gasteiger partial charge in [0.1, 0.15) is 17.1 Å². The highest BCUT2D eigenvalue weighted by molar-refractivity contribution is 9.10. The molecule has 0 unspecified atom stereocenters. The number of ether oxygens (including phenoxy) is 2. The predicted molar refractivity (Wildman–Crippen MR) is 88.2 cm³/mol. The Labute approximate surface area is 142 Å². The van der Waals surface area contributed by atoms with Gasteiger partial charge in [-0.3, -0.25) is 4.79 Å². The highest BCUT2D eigenvalue weighted by atomic mass is 79.9. The molecule has 0 atom stereocenters. The summed E-state index contributed by atoms with van der Waals surface area (Å²) in [4.78, 5) is 24.0. The summed E-state index contributed by atoms with van der Waals surface area (Å²) < 4.78 is 10.7. The fourth-order valence-corrected chi connectivity index (χ4v) is 2.50. The number of hydrogen-bond donors (Lipinski definition) is 1. The van der Waals surface area contributed by atoms with Gasteiger partial charge in [0.25, 0.3) is 0 Å². The van der Waals surface area contributed by atoms with E-state index in [-0.39, 0.29) is 17.1 Å². The standard InChI is InChI=1S/C17H15BrO5/c1-10-4-3-5-12(16(10)20)17(21)23-9-14(19)11-6-7-15(22-2)13(18)8-11/h3-8,20H,9H2,1-2H3. The molecule has 0 aliphatic carbocycles. The minimum absolute atomic E-state index is 0.0358. The Kier molecular flexibility index (Phi) is 5.39. The molecule has 0 saturated carbocycles. The van der Waals surface area contributed by atoms with Gasteiger partial charge in [0, 0.05) is 5.56 Å². The van der Waals surface area contributed by atoms with E-state index in [1.807, 2.05) is 0 Å². The smallest absolute Gasteiger partial charge is 0.342 e. The van der Waals surface area contributed by atoms with Crippen LogP contribution in [0.25, 0.3) is 0 Å². The van der Waals surface area contributed by atoms with E-state index in [2.05, 4.69) is 15.9 Å². The normalized spacial score (nSPS) is 10.2. The molecule has 5 nitrogen and oxygen atoms in total. The molecule has 6 heteroatoms. The van der Waals surface area contributed by atoms with Crippen LogP contribution in [0.1, 0.15) is 26.3 Å². The Balaban J connectivity index is 2.05. The van der Waals surface area contributed by atoms with E-state index in [9.17, 15) is 14.7 Å². The number of phenols is 1. The van der Waals surface area contributed by atoms with Crippen LogP contribution < -0.4 is 4.74 Å². The summed E-state index contributed by atoms with van der Waals surface area (Å²) in [7, 11) is 1.53. The van der Waals surface area contributed by atoms with Gasteiger partial charge in [0.05, 0.1) is 11.6 Å². The zero-order valence-corrected chi connectivity index (χ0v) is 14.2. The first-order valence-corrected chi connectivity index (χ1v) is 7.55. The number of aromatic hydroxyl groups is 1.